The van der Waals surface area contributed by atoms with Crippen LogP contribution in [0.15, 0.2) is 54.9 Å². The first-order valence-electron chi connectivity index (χ1n) is 10.5. The van der Waals surface area contributed by atoms with Crippen molar-refractivity contribution in [3.05, 3.63) is 71.0 Å². The van der Waals surface area contributed by atoms with Gasteiger partial charge in [-0.15, -0.1) is 5.10 Å². The zero-order valence-corrected chi connectivity index (χ0v) is 20.0. The van der Waals surface area contributed by atoms with Gasteiger partial charge in [-0.05, 0) is 59.0 Å². The Morgan fingerprint density at radius 3 is 2.47 bits per heavy atom. The van der Waals surface area contributed by atoms with E-state index in [0.29, 0.717) is 22.0 Å². The number of nitrogens with zero attached hydrogens (tertiary/aromatic N) is 5. The van der Waals surface area contributed by atoms with Crippen molar-refractivity contribution in [1.82, 2.24) is 30.4 Å². The van der Waals surface area contributed by atoms with Crippen LogP contribution < -0.4 is 10.6 Å². The fourth-order valence-corrected chi connectivity index (χ4v) is 3.20. The molecule has 3 amide bonds. The summed E-state index contributed by atoms with van der Waals surface area (Å²) in [5.41, 5.74) is 1.46. The maximum Gasteiger partial charge on any atom is 0.335 e. The van der Waals surface area contributed by atoms with Crippen LogP contribution in [0.5, 0.6) is 0 Å². The highest BCUT2D eigenvalue weighted by molar-refractivity contribution is 6.30. The summed E-state index contributed by atoms with van der Waals surface area (Å²) in [6.07, 6.45) is 3.77. The van der Waals surface area contributed by atoms with Gasteiger partial charge in [0.25, 0.3) is 0 Å². The van der Waals surface area contributed by atoms with Gasteiger partial charge in [-0.25, -0.2) is 4.79 Å². The van der Waals surface area contributed by atoms with Gasteiger partial charge in [-0.2, -0.15) is 4.68 Å². The molecule has 13 heteroatoms. The zero-order valence-electron chi connectivity index (χ0n) is 19.3. The summed E-state index contributed by atoms with van der Waals surface area (Å²) in [7, 11) is 3.06. The molecule has 12 nitrogen and oxygen atoms in total. The number of hydrogen-bond donors (Lipinski definition) is 3. The summed E-state index contributed by atoms with van der Waals surface area (Å²) in [5.74, 6) is -2.77. The number of carbonyl (C=O) groups excluding carboxylic acids is 3. The third-order valence-corrected chi connectivity index (χ3v) is 5.14. The van der Waals surface area contributed by atoms with E-state index in [0.717, 1.165) is 0 Å². The van der Waals surface area contributed by atoms with Crippen LogP contribution in [0.25, 0.3) is 11.8 Å². The number of hydrogen-bond acceptors (Lipinski definition) is 7. The van der Waals surface area contributed by atoms with Crippen molar-refractivity contribution < 1.29 is 24.3 Å². The largest absolute Gasteiger partial charge is 0.478 e. The number of tetrazole rings is 1. The van der Waals surface area contributed by atoms with Crippen molar-refractivity contribution in [2.45, 2.75) is 12.5 Å². The molecule has 0 aliphatic carbocycles. The number of carbonyl (C=O) groups is 4. The van der Waals surface area contributed by atoms with Gasteiger partial charge in [0.15, 0.2) is 0 Å². The monoisotopic (exact) mass is 511 g/mol. The third kappa shape index (κ3) is 6.96. The number of rotatable bonds is 9. The molecule has 0 saturated heterocycles. The van der Waals surface area contributed by atoms with Crippen molar-refractivity contribution in [2.24, 2.45) is 0 Å². The van der Waals surface area contributed by atoms with Gasteiger partial charge < -0.3 is 20.6 Å². The minimum Gasteiger partial charge on any atom is -0.478 e. The van der Waals surface area contributed by atoms with Crippen molar-refractivity contribution in [3.63, 3.8) is 0 Å². The summed E-state index contributed by atoms with van der Waals surface area (Å²) in [4.78, 5) is 50.2. The molecule has 0 unspecified atom stereocenters. The van der Waals surface area contributed by atoms with Crippen molar-refractivity contribution in [3.8, 4) is 5.69 Å². The van der Waals surface area contributed by atoms with Gasteiger partial charge in [0.2, 0.25) is 17.7 Å². The smallest absolute Gasteiger partial charge is 0.335 e. The third-order valence-electron chi connectivity index (χ3n) is 4.91. The highest BCUT2D eigenvalue weighted by atomic mass is 35.5. The molecule has 3 aromatic rings. The van der Waals surface area contributed by atoms with E-state index in [2.05, 4.69) is 26.2 Å². The number of amides is 3. The molecular weight excluding hydrogens is 490 g/mol. The first-order chi connectivity index (χ1) is 17.1. The van der Waals surface area contributed by atoms with Crippen molar-refractivity contribution in [1.29, 1.82) is 0 Å². The van der Waals surface area contributed by atoms with E-state index in [1.165, 1.54) is 66.4 Å². The number of carboxylic acid groups (broad SMARTS) is 1. The molecule has 1 heterocycles. The molecular formula is C23H22ClN7O5. The Morgan fingerprint density at radius 1 is 1.14 bits per heavy atom. The van der Waals surface area contributed by atoms with Crippen LogP contribution in [-0.2, 0) is 14.4 Å². The van der Waals surface area contributed by atoms with Gasteiger partial charge >= 0.3 is 5.97 Å². The normalized spacial score (nSPS) is 11.6. The summed E-state index contributed by atoms with van der Waals surface area (Å²) in [5, 5.41) is 25.6. The number of halogens is 1. The fraction of sp³-hybridized carbons (Fsp3) is 0.174. The number of aromatic carboxylic acids is 1. The average Bonchev–Trinajstić information content (AvgIpc) is 3.37. The van der Waals surface area contributed by atoms with Gasteiger partial charge in [0, 0.05) is 36.4 Å². The molecule has 0 aliphatic rings. The molecule has 0 spiro atoms. The molecule has 3 N–H and O–H groups in total. The van der Waals surface area contributed by atoms with Crippen LogP contribution in [0.2, 0.25) is 5.02 Å². The Kier molecular flexibility index (Phi) is 8.47. The number of nitrogens with one attached hydrogen (secondary N) is 2. The van der Waals surface area contributed by atoms with Crippen LogP contribution in [0.4, 0.5) is 5.69 Å². The van der Waals surface area contributed by atoms with Gasteiger partial charge in [-0.3, -0.25) is 14.4 Å². The Balaban J connectivity index is 1.76. The summed E-state index contributed by atoms with van der Waals surface area (Å²) >= 11 is 6.09. The van der Waals surface area contributed by atoms with Crippen LogP contribution in [0.1, 0.15) is 22.3 Å². The van der Waals surface area contributed by atoms with Crippen LogP contribution in [-0.4, -0.2) is 74.0 Å². The Hall–Kier alpha value is -4.58. The Bertz CT molecular complexity index is 1290. The molecule has 0 radical (unpaired) electrons. The van der Waals surface area contributed by atoms with Crippen LogP contribution >= 0.6 is 11.6 Å². The van der Waals surface area contributed by atoms with Crippen LogP contribution in [0, 0.1) is 0 Å². The molecule has 0 saturated carbocycles. The van der Waals surface area contributed by atoms with E-state index >= 15 is 0 Å². The molecule has 36 heavy (non-hydrogen) atoms. The Morgan fingerprint density at radius 2 is 1.86 bits per heavy atom. The Labute approximate surface area is 210 Å². The summed E-state index contributed by atoms with van der Waals surface area (Å²) < 4.78 is 1.40. The van der Waals surface area contributed by atoms with E-state index in [9.17, 15) is 19.2 Å². The SMILES string of the molecule is CN(C)C(=O)C[C@H](NC(=O)C=Cc1cc(Cl)ccc1-n1cnnn1)C(=O)Nc1ccc(C(=O)O)cc1. The van der Waals surface area contributed by atoms with Gasteiger partial charge in [0.1, 0.15) is 12.4 Å². The first kappa shape index (κ1) is 26.0. The molecule has 0 fully saturated rings. The lowest BCUT2D eigenvalue weighted by molar-refractivity contribution is -0.132. The first-order valence-corrected chi connectivity index (χ1v) is 10.9. The number of benzene rings is 2. The van der Waals surface area contributed by atoms with E-state index < -0.39 is 23.8 Å². The van der Waals surface area contributed by atoms with Gasteiger partial charge in [0.05, 0.1) is 17.7 Å². The van der Waals surface area contributed by atoms with E-state index in [1.54, 1.807) is 18.2 Å². The van der Waals surface area contributed by atoms with E-state index in [4.69, 9.17) is 16.7 Å². The number of aromatic nitrogens is 4. The topological polar surface area (TPSA) is 159 Å². The maximum atomic E-state index is 12.9. The summed E-state index contributed by atoms with van der Waals surface area (Å²) in [6.45, 7) is 0. The molecule has 0 bridgehead atoms. The lowest BCUT2D eigenvalue weighted by atomic mass is 10.1. The van der Waals surface area contributed by atoms with E-state index in [1.807, 2.05) is 0 Å². The second-order valence-corrected chi connectivity index (χ2v) is 8.15. The zero-order chi connectivity index (χ0) is 26.2. The summed E-state index contributed by atoms with van der Waals surface area (Å²) in [6, 6.07) is 9.21. The molecule has 2 aromatic carbocycles. The average molecular weight is 512 g/mol. The predicted molar refractivity (Wildman–Crippen MR) is 130 cm³/mol. The van der Waals surface area contributed by atoms with Crippen LogP contribution in [0.3, 0.4) is 0 Å². The lowest BCUT2D eigenvalue weighted by Gasteiger charge is -2.19. The fourth-order valence-electron chi connectivity index (χ4n) is 3.02. The maximum absolute atomic E-state index is 12.9. The second-order valence-electron chi connectivity index (χ2n) is 7.72. The highest BCUT2D eigenvalue weighted by Crippen LogP contribution is 2.20. The molecule has 1 atom stereocenters. The quantitative estimate of drug-likeness (QED) is 0.365. The molecule has 3 rings (SSSR count). The molecule has 186 valence electrons. The highest BCUT2D eigenvalue weighted by Gasteiger charge is 2.24. The minimum absolute atomic E-state index is 0.0489. The standard InChI is InChI=1S/C23H22ClN7O5/c1-30(2)21(33)12-18(22(34)26-17-7-3-14(4-8-17)23(35)36)27-20(32)10-5-15-11-16(24)6-9-19(15)31-13-25-28-29-31/h3-11,13,18H,12H2,1-2H3,(H,26,34)(H,27,32)(H,35,36)/t18-/m0/s1. The van der Waals surface area contributed by atoms with Gasteiger partial charge in [-0.1, -0.05) is 11.6 Å². The molecule has 0 aliphatic heterocycles. The minimum atomic E-state index is -1.20. The predicted octanol–water partition coefficient (Wildman–Crippen LogP) is 1.63. The number of anilines is 1. The van der Waals surface area contributed by atoms with E-state index in [-0.39, 0.29) is 17.9 Å². The lowest BCUT2D eigenvalue weighted by Crippen LogP contribution is -2.46. The second kappa shape index (κ2) is 11.7. The van der Waals surface area contributed by atoms with Crippen molar-refractivity contribution in [2.75, 3.05) is 19.4 Å². The molecule has 1 aromatic heterocycles. The number of carboxylic acids is 1. The van der Waals surface area contributed by atoms with Crippen molar-refractivity contribution >= 4 is 47.1 Å².